The van der Waals surface area contributed by atoms with Crippen molar-refractivity contribution < 1.29 is 9.90 Å². The zero-order valence-corrected chi connectivity index (χ0v) is 9.59. The molecule has 1 aromatic rings. The molecule has 2 heterocycles. The molecule has 1 atom stereocenters. The van der Waals surface area contributed by atoms with E-state index in [4.69, 9.17) is 16.7 Å². The number of aldehydes is 1. The van der Waals surface area contributed by atoms with Gasteiger partial charge in [0.15, 0.2) is 16.6 Å². The number of nitrogens with zero attached hydrogens (tertiary/aromatic N) is 2. The van der Waals surface area contributed by atoms with Crippen molar-refractivity contribution >= 4 is 34.4 Å². The lowest BCUT2D eigenvalue weighted by molar-refractivity contribution is 0.112. The summed E-state index contributed by atoms with van der Waals surface area (Å²) in [4.78, 5) is 17.2. The standard InChI is InChI=1S/C9H11ClN2O2S/c10-8-7(5-14)15-9(11-8)12-3-1-2-6(12)4-13/h5-6,13H,1-4H2. The highest BCUT2D eigenvalue weighted by Gasteiger charge is 2.27. The van der Waals surface area contributed by atoms with E-state index < -0.39 is 0 Å². The first-order valence-electron chi connectivity index (χ1n) is 4.75. The van der Waals surface area contributed by atoms with Gasteiger partial charge in [-0.3, -0.25) is 4.79 Å². The van der Waals surface area contributed by atoms with Crippen molar-refractivity contribution in [2.24, 2.45) is 0 Å². The third-order valence-electron chi connectivity index (χ3n) is 2.54. The smallest absolute Gasteiger partial charge is 0.187 e. The van der Waals surface area contributed by atoms with E-state index in [1.807, 2.05) is 4.90 Å². The third-order valence-corrected chi connectivity index (χ3v) is 3.96. The molecule has 1 aliphatic heterocycles. The predicted molar refractivity (Wildman–Crippen MR) is 60.0 cm³/mol. The summed E-state index contributed by atoms with van der Waals surface area (Å²) in [5, 5.41) is 10.2. The van der Waals surface area contributed by atoms with E-state index >= 15 is 0 Å². The Morgan fingerprint density at radius 2 is 2.53 bits per heavy atom. The van der Waals surface area contributed by atoms with Gasteiger partial charge in [0.2, 0.25) is 0 Å². The summed E-state index contributed by atoms with van der Waals surface area (Å²) in [6.07, 6.45) is 2.72. The van der Waals surface area contributed by atoms with Crippen LogP contribution in [0, 0.1) is 0 Å². The van der Waals surface area contributed by atoms with Gasteiger partial charge in [0.05, 0.1) is 12.6 Å². The molecule has 15 heavy (non-hydrogen) atoms. The zero-order chi connectivity index (χ0) is 10.8. The molecule has 0 aliphatic carbocycles. The first-order chi connectivity index (χ1) is 7.26. The van der Waals surface area contributed by atoms with Gasteiger partial charge in [0.1, 0.15) is 4.88 Å². The van der Waals surface area contributed by atoms with E-state index in [0.29, 0.717) is 11.2 Å². The van der Waals surface area contributed by atoms with E-state index in [1.54, 1.807) is 0 Å². The Morgan fingerprint density at radius 3 is 3.13 bits per heavy atom. The fourth-order valence-electron chi connectivity index (χ4n) is 1.78. The summed E-state index contributed by atoms with van der Waals surface area (Å²) in [5.74, 6) is 0. The van der Waals surface area contributed by atoms with Gasteiger partial charge in [-0.2, -0.15) is 0 Å². The fourth-order valence-corrected chi connectivity index (χ4v) is 2.93. The maximum Gasteiger partial charge on any atom is 0.187 e. The Labute approximate surface area is 96.5 Å². The van der Waals surface area contributed by atoms with Gasteiger partial charge in [0, 0.05) is 6.54 Å². The SMILES string of the molecule is O=Cc1sc(N2CCCC2CO)nc1Cl. The summed E-state index contributed by atoms with van der Waals surface area (Å²) in [7, 11) is 0. The minimum absolute atomic E-state index is 0.117. The maximum absolute atomic E-state index is 10.6. The van der Waals surface area contributed by atoms with Gasteiger partial charge in [-0.1, -0.05) is 22.9 Å². The maximum atomic E-state index is 10.6. The lowest BCUT2D eigenvalue weighted by Gasteiger charge is -2.21. The number of hydrogen-bond acceptors (Lipinski definition) is 5. The van der Waals surface area contributed by atoms with E-state index in [1.165, 1.54) is 11.3 Å². The second-order valence-electron chi connectivity index (χ2n) is 3.44. The lowest BCUT2D eigenvalue weighted by Crippen LogP contribution is -2.31. The summed E-state index contributed by atoms with van der Waals surface area (Å²) in [5.41, 5.74) is 0. The van der Waals surface area contributed by atoms with Crippen LogP contribution in [0.5, 0.6) is 0 Å². The number of anilines is 1. The topological polar surface area (TPSA) is 53.4 Å². The molecule has 1 aromatic heterocycles. The number of aliphatic hydroxyl groups is 1. The van der Waals surface area contributed by atoms with Gasteiger partial charge in [-0.25, -0.2) is 4.98 Å². The van der Waals surface area contributed by atoms with Crippen LogP contribution in [0.4, 0.5) is 5.13 Å². The first-order valence-corrected chi connectivity index (χ1v) is 5.94. The van der Waals surface area contributed by atoms with Crippen LogP contribution in [-0.2, 0) is 0 Å². The van der Waals surface area contributed by atoms with Crippen LogP contribution in [-0.4, -0.2) is 35.6 Å². The number of hydrogen-bond donors (Lipinski definition) is 1. The highest BCUT2D eigenvalue weighted by molar-refractivity contribution is 7.17. The van der Waals surface area contributed by atoms with Gasteiger partial charge in [-0.05, 0) is 12.8 Å². The molecule has 0 saturated carbocycles. The monoisotopic (exact) mass is 246 g/mol. The molecule has 0 radical (unpaired) electrons. The summed E-state index contributed by atoms with van der Waals surface area (Å²) in [6, 6.07) is 0.117. The summed E-state index contributed by atoms with van der Waals surface area (Å²) >= 11 is 7.07. The van der Waals surface area contributed by atoms with Crippen molar-refractivity contribution in [1.29, 1.82) is 0 Å². The van der Waals surface area contributed by atoms with Crippen LogP contribution >= 0.6 is 22.9 Å². The molecule has 0 bridgehead atoms. The molecule has 2 rings (SSSR count). The van der Waals surface area contributed by atoms with E-state index in [2.05, 4.69) is 4.98 Å². The Bertz CT molecular complexity index is 369. The molecule has 1 N–H and O–H groups in total. The van der Waals surface area contributed by atoms with E-state index in [0.717, 1.165) is 24.5 Å². The Hall–Kier alpha value is -0.650. The van der Waals surface area contributed by atoms with Gasteiger partial charge >= 0.3 is 0 Å². The molecule has 0 amide bonds. The van der Waals surface area contributed by atoms with Crippen molar-refractivity contribution in [3.63, 3.8) is 0 Å². The normalized spacial score (nSPS) is 20.9. The summed E-state index contributed by atoms with van der Waals surface area (Å²) in [6.45, 7) is 0.987. The van der Waals surface area contributed by atoms with E-state index in [-0.39, 0.29) is 17.8 Å². The second kappa shape index (κ2) is 4.47. The molecule has 1 fully saturated rings. The van der Waals surface area contributed by atoms with Crippen LogP contribution in [0.1, 0.15) is 22.5 Å². The number of thiazole rings is 1. The fraction of sp³-hybridized carbons (Fsp3) is 0.556. The number of aliphatic hydroxyl groups excluding tert-OH is 1. The van der Waals surface area contributed by atoms with Gasteiger partial charge in [-0.15, -0.1) is 0 Å². The van der Waals surface area contributed by atoms with Crippen LogP contribution in [0.2, 0.25) is 5.15 Å². The number of halogens is 1. The van der Waals surface area contributed by atoms with Crippen molar-refractivity contribution in [3.8, 4) is 0 Å². The van der Waals surface area contributed by atoms with Crippen molar-refractivity contribution in [1.82, 2.24) is 4.98 Å². The molecular weight excluding hydrogens is 236 g/mol. The Morgan fingerprint density at radius 1 is 1.73 bits per heavy atom. The Balaban J connectivity index is 2.24. The Kier molecular flexibility index (Phi) is 3.23. The molecule has 4 nitrogen and oxygen atoms in total. The molecule has 1 aliphatic rings. The highest BCUT2D eigenvalue weighted by atomic mass is 35.5. The quantitative estimate of drug-likeness (QED) is 0.823. The van der Waals surface area contributed by atoms with Crippen molar-refractivity contribution in [3.05, 3.63) is 10.0 Å². The lowest BCUT2D eigenvalue weighted by atomic mass is 10.2. The molecule has 6 heteroatoms. The minimum Gasteiger partial charge on any atom is -0.394 e. The average Bonchev–Trinajstić information content (AvgIpc) is 2.82. The van der Waals surface area contributed by atoms with Crippen molar-refractivity contribution in [2.45, 2.75) is 18.9 Å². The second-order valence-corrected chi connectivity index (χ2v) is 4.81. The summed E-state index contributed by atoms with van der Waals surface area (Å²) < 4.78 is 0. The van der Waals surface area contributed by atoms with Crippen LogP contribution in [0.15, 0.2) is 0 Å². The number of rotatable bonds is 3. The van der Waals surface area contributed by atoms with Gasteiger partial charge < -0.3 is 10.0 Å². The largest absolute Gasteiger partial charge is 0.394 e. The number of aromatic nitrogens is 1. The van der Waals surface area contributed by atoms with E-state index in [9.17, 15) is 4.79 Å². The number of carbonyl (C=O) groups excluding carboxylic acids is 1. The third kappa shape index (κ3) is 2.00. The average molecular weight is 247 g/mol. The molecule has 0 aromatic carbocycles. The molecule has 82 valence electrons. The molecule has 1 unspecified atom stereocenters. The van der Waals surface area contributed by atoms with Crippen LogP contribution < -0.4 is 4.90 Å². The first kappa shape index (κ1) is 10.9. The van der Waals surface area contributed by atoms with Crippen molar-refractivity contribution in [2.75, 3.05) is 18.1 Å². The predicted octanol–water partition coefficient (Wildman–Crippen LogP) is 1.57. The minimum atomic E-state index is 0.117. The zero-order valence-electron chi connectivity index (χ0n) is 8.02. The van der Waals surface area contributed by atoms with Crippen LogP contribution in [0.3, 0.4) is 0 Å². The number of carbonyl (C=O) groups is 1. The molecular formula is C9H11ClN2O2S. The molecule has 1 saturated heterocycles. The molecule has 0 spiro atoms. The highest BCUT2D eigenvalue weighted by Crippen LogP contribution is 2.32. The van der Waals surface area contributed by atoms with Crippen LogP contribution in [0.25, 0.3) is 0 Å². The van der Waals surface area contributed by atoms with Gasteiger partial charge in [0.25, 0.3) is 0 Å².